The summed E-state index contributed by atoms with van der Waals surface area (Å²) in [6.45, 7) is 4.63. The van der Waals surface area contributed by atoms with Gasteiger partial charge in [-0.3, -0.25) is 9.97 Å². The summed E-state index contributed by atoms with van der Waals surface area (Å²) in [6.07, 6.45) is 5.82. The molecule has 0 amide bonds. The lowest BCUT2D eigenvalue weighted by Crippen LogP contribution is -2.17. The predicted molar refractivity (Wildman–Crippen MR) is 94.6 cm³/mol. The van der Waals surface area contributed by atoms with Crippen LogP contribution in [0.2, 0.25) is 0 Å². The second-order valence-electron chi connectivity index (χ2n) is 6.71. The van der Waals surface area contributed by atoms with Gasteiger partial charge in [0, 0.05) is 51.3 Å². The zero-order chi connectivity index (χ0) is 15.6. The molecule has 2 aromatic heterocycles. The van der Waals surface area contributed by atoms with Crippen LogP contribution in [0.1, 0.15) is 30.5 Å². The Morgan fingerprint density at radius 2 is 1.96 bits per heavy atom. The van der Waals surface area contributed by atoms with Crippen LogP contribution in [0, 0.1) is 0 Å². The summed E-state index contributed by atoms with van der Waals surface area (Å²) < 4.78 is 0. The number of aromatic nitrogens is 2. The lowest BCUT2D eigenvalue weighted by atomic mass is 9.78. The molecule has 2 aliphatic rings. The third-order valence-corrected chi connectivity index (χ3v) is 6.20. The molecule has 23 heavy (non-hydrogen) atoms. The van der Waals surface area contributed by atoms with Gasteiger partial charge in [0.2, 0.25) is 0 Å². The Kier molecular flexibility index (Phi) is 2.58. The summed E-state index contributed by atoms with van der Waals surface area (Å²) in [6, 6.07) is 10.9. The van der Waals surface area contributed by atoms with Crippen LogP contribution in [-0.2, 0) is 11.2 Å². The van der Waals surface area contributed by atoms with E-state index in [9.17, 15) is 0 Å². The highest BCUT2D eigenvalue weighted by Gasteiger charge is 2.40. The van der Waals surface area contributed by atoms with E-state index >= 15 is 0 Å². The number of hydrogen-bond acceptors (Lipinski definition) is 3. The summed E-state index contributed by atoms with van der Waals surface area (Å²) in [5, 5.41) is 0. The van der Waals surface area contributed by atoms with Gasteiger partial charge in [-0.1, -0.05) is 26.0 Å². The molecule has 112 valence electrons. The van der Waals surface area contributed by atoms with Gasteiger partial charge >= 0.3 is 0 Å². The largest absolute Gasteiger partial charge is 0.264 e. The third kappa shape index (κ3) is 1.66. The molecule has 2 nitrogen and oxygen atoms in total. The third-order valence-electron chi connectivity index (χ3n) is 5.09. The molecule has 3 heterocycles. The molecule has 0 fully saturated rings. The molecule has 0 radical (unpaired) electrons. The summed E-state index contributed by atoms with van der Waals surface area (Å²) in [5.41, 5.74) is 9.15. The van der Waals surface area contributed by atoms with Crippen LogP contribution >= 0.6 is 11.8 Å². The lowest BCUT2D eigenvalue weighted by molar-refractivity contribution is 0.659. The fourth-order valence-corrected chi connectivity index (χ4v) is 5.09. The molecular formula is C20H16N2S. The van der Waals surface area contributed by atoms with Crippen LogP contribution in [0.3, 0.4) is 0 Å². The van der Waals surface area contributed by atoms with E-state index in [1.807, 2.05) is 36.4 Å². The molecule has 0 N–H and O–H groups in total. The van der Waals surface area contributed by atoms with Gasteiger partial charge in [0.25, 0.3) is 0 Å². The highest BCUT2D eigenvalue weighted by molar-refractivity contribution is 7.98. The first-order chi connectivity index (χ1) is 11.2. The maximum Gasteiger partial charge on any atom is 0.0746 e. The standard InChI is InChI=1S/C20H16N2S/c1-20(2)15-4-3-8-22-19(15)13-5-6-16-17(18(13)20)14-10-21-9-7-12(14)11-23-16/h3-10H,11H2,1-2H3. The number of rotatable bonds is 0. The number of thioether (sulfide) groups is 1. The maximum atomic E-state index is 4.68. The van der Waals surface area contributed by atoms with Gasteiger partial charge in [-0.05, 0) is 34.9 Å². The maximum absolute atomic E-state index is 4.68. The smallest absolute Gasteiger partial charge is 0.0746 e. The molecular weight excluding hydrogens is 300 g/mol. The molecule has 0 bridgehead atoms. The van der Waals surface area contributed by atoms with Gasteiger partial charge < -0.3 is 0 Å². The predicted octanol–water partition coefficient (Wildman–Crippen LogP) is 5.06. The van der Waals surface area contributed by atoms with Gasteiger partial charge in [-0.15, -0.1) is 11.8 Å². The molecule has 0 atom stereocenters. The molecule has 0 saturated heterocycles. The van der Waals surface area contributed by atoms with Gasteiger partial charge in [-0.25, -0.2) is 0 Å². The number of hydrogen-bond donors (Lipinski definition) is 0. The van der Waals surface area contributed by atoms with E-state index in [2.05, 4.69) is 48.1 Å². The highest BCUT2D eigenvalue weighted by atomic mass is 32.2. The number of fused-ring (bicyclic) bond motifs is 7. The van der Waals surface area contributed by atoms with E-state index in [0.29, 0.717) is 0 Å². The van der Waals surface area contributed by atoms with Crippen LogP contribution in [0.4, 0.5) is 0 Å². The molecule has 3 heteroatoms. The van der Waals surface area contributed by atoms with E-state index in [-0.39, 0.29) is 5.41 Å². The molecule has 1 aromatic carbocycles. The average Bonchev–Trinajstić information content (AvgIpc) is 2.83. The summed E-state index contributed by atoms with van der Waals surface area (Å²) in [4.78, 5) is 10.4. The second kappa shape index (κ2) is 4.45. The van der Waals surface area contributed by atoms with Crippen molar-refractivity contribution in [1.29, 1.82) is 0 Å². The van der Waals surface area contributed by atoms with Crippen LogP contribution < -0.4 is 0 Å². The Labute approximate surface area is 140 Å². The lowest BCUT2D eigenvalue weighted by Gasteiger charge is -2.28. The summed E-state index contributed by atoms with van der Waals surface area (Å²) in [5.74, 6) is 1.02. The van der Waals surface area contributed by atoms with Crippen molar-refractivity contribution in [3.05, 3.63) is 65.6 Å². The summed E-state index contributed by atoms with van der Waals surface area (Å²) in [7, 11) is 0. The van der Waals surface area contributed by atoms with Crippen LogP contribution in [0.5, 0.6) is 0 Å². The molecule has 0 unspecified atom stereocenters. The first-order valence-corrected chi connectivity index (χ1v) is 8.86. The molecule has 0 saturated carbocycles. The van der Waals surface area contributed by atoms with E-state index in [4.69, 9.17) is 0 Å². The van der Waals surface area contributed by atoms with Crippen molar-refractivity contribution in [3.8, 4) is 22.4 Å². The molecule has 0 spiro atoms. The van der Waals surface area contributed by atoms with Crippen molar-refractivity contribution >= 4 is 11.8 Å². The minimum absolute atomic E-state index is 0.0325. The quantitative estimate of drug-likeness (QED) is 0.580. The molecule has 1 aliphatic carbocycles. The number of nitrogens with zero attached hydrogens (tertiary/aromatic N) is 2. The van der Waals surface area contributed by atoms with E-state index < -0.39 is 0 Å². The van der Waals surface area contributed by atoms with Crippen molar-refractivity contribution in [3.63, 3.8) is 0 Å². The number of pyridine rings is 2. The first-order valence-electron chi connectivity index (χ1n) is 7.87. The minimum Gasteiger partial charge on any atom is -0.264 e. The molecule has 3 aromatic rings. The van der Waals surface area contributed by atoms with Crippen molar-refractivity contribution in [2.75, 3.05) is 0 Å². The van der Waals surface area contributed by atoms with Gasteiger partial charge in [0.05, 0.1) is 5.69 Å². The van der Waals surface area contributed by atoms with Crippen LogP contribution in [-0.4, -0.2) is 9.97 Å². The first kappa shape index (κ1) is 13.3. The van der Waals surface area contributed by atoms with Gasteiger partial charge in [0.1, 0.15) is 0 Å². The summed E-state index contributed by atoms with van der Waals surface area (Å²) >= 11 is 1.93. The number of benzene rings is 1. The minimum atomic E-state index is -0.0325. The Morgan fingerprint density at radius 1 is 1.04 bits per heavy atom. The van der Waals surface area contributed by atoms with E-state index in [1.54, 1.807) is 0 Å². The Morgan fingerprint density at radius 3 is 2.87 bits per heavy atom. The normalized spacial score (nSPS) is 16.3. The average molecular weight is 316 g/mol. The van der Waals surface area contributed by atoms with Crippen LogP contribution in [0.25, 0.3) is 22.4 Å². The Hall–Kier alpha value is -2.13. The fraction of sp³-hybridized carbons (Fsp3) is 0.200. The molecule has 5 rings (SSSR count). The van der Waals surface area contributed by atoms with Gasteiger partial charge in [0.15, 0.2) is 0 Å². The zero-order valence-corrected chi connectivity index (χ0v) is 13.9. The Bertz CT molecular complexity index is 960. The van der Waals surface area contributed by atoms with E-state index in [0.717, 1.165) is 11.4 Å². The van der Waals surface area contributed by atoms with Gasteiger partial charge in [-0.2, -0.15) is 0 Å². The topological polar surface area (TPSA) is 25.8 Å². The van der Waals surface area contributed by atoms with Crippen LogP contribution in [0.15, 0.2) is 53.8 Å². The van der Waals surface area contributed by atoms with Crippen molar-refractivity contribution in [1.82, 2.24) is 9.97 Å². The molecule has 1 aliphatic heterocycles. The second-order valence-corrected chi connectivity index (χ2v) is 7.72. The van der Waals surface area contributed by atoms with Crippen molar-refractivity contribution in [2.45, 2.75) is 29.9 Å². The van der Waals surface area contributed by atoms with Crippen molar-refractivity contribution < 1.29 is 0 Å². The highest BCUT2D eigenvalue weighted by Crippen LogP contribution is 2.55. The zero-order valence-electron chi connectivity index (χ0n) is 13.1. The monoisotopic (exact) mass is 316 g/mol. The van der Waals surface area contributed by atoms with Crippen molar-refractivity contribution in [2.24, 2.45) is 0 Å². The Balaban J connectivity index is 1.91. The SMILES string of the molecule is CC1(C)c2cccnc2-c2ccc3c(c21)-c1cnccc1CS3. The fourth-order valence-electron chi connectivity index (χ4n) is 4.01. The van der Waals surface area contributed by atoms with E-state index in [1.165, 1.54) is 38.3 Å².